The van der Waals surface area contributed by atoms with Crippen LogP contribution < -0.4 is 5.56 Å². The summed E-state index contributed by atoms with van der Waals surface area (Å²) < 4.78 is 3.51. The molecule has 0 aromatic carbocycles. The molecule has 128 valence electrons. The normalized spacial score (nSPS) is 17.9. The molecule has 1 atom stereocenters. The van der Waals surface area contributed by atoms with Gasteiger partial charge in [0, 0.05) is 38.3 Å². The van der Waals surface area contributed by atoms with Gasteiger partial charge in [0.1, 0.15) is 11.6 Å². The van der Waals surface area contributed by atoms with Gasteiger partial charge in [-0.05, 0) is 32.8 Å². The van der Waals surface area contributed by atoms with Crippen molar-refractivity contribution in [3.63, 3.8) is 0 Å². The fraction of sp³-hybridized carbons (Fsp3) is 0.529. The molecule has 2 aromatic rings. The summed E-state index contributed by atoms with van der Waals surface area (Å²) in [6.45, 7) is 5.68. The third kappa shape index (κ3) is 3.55. The number of carbonyl (C=O) groups is 1. The van der Waals surface area contributed by atoms with E-state index in [1.165, 1.54) is 6.07 Å². The molecule has 1 aliphatic rings. The molecule has 0 saturated carbocycles. The molecule has 24 heavy (non-hydrogen) atoms. The van der Waals surface area contributed by atoms with E-state index in [4.69, 9.17) is 0 Å². The van der Waals surface area contributed by atoms with Crippen LogP contribution in [0.25, 0.3) is 0 Å². The van der Waals surface area contributed by atoms with Crippen LogP contribution in [0.5, 0.6) is 0 Å². The number of carbonyl (C=O) groups excluding carboxylic acids is 1. The molecule has 7 nitrogen and oxygen atoms in total. The maximum atomic E-state index is 12.5. The summed E-state index contributed by atoms with van der Waals surface area (Å²) in [6, 6.07) is 5.21. The van der Waals surface area contributed by atoms with Crippen LogP contribution in [0.4, 0.5) is 0 Å². The Kier molecular flexibility index (Phi) is 4.78. The number of likely N-dealkylation sites (tertiary alicyclic amines) is 1. The number of hydrogen-bond acceptors (Lipinski definition) is 4. The highest BCUT2D eigenvalue weighted by atomic mass is 16.2. The second-order valence-corrected chi connectivity index (χ2v) is 6.27. The van der Waals surface area contributed by atoms with Crippen molar-refractivity contribution in [3.05, 3.63) is 46.4 Å². The first-order valence-electron chi connectivity index (χ1n) is 8.37. The molecule has 0 spiro atoms. The van der Waals surface area contributed by atoms with Crippen LogP contribution in [0.15, 0.2) is 29.2 Å². The molecule has 1 amide bonds. The summed E-state index contributed by atoms with van der Waals surface area (Å²) in [6.07, 6.45) is 4.02. The predicted molar refractivity (Wildman–Crippen MR) is 89.7 cm³/mol. The molecule has 0 N–H and O–H groups in total. The molecule has 1 fully saturated rings. The van der Waals surface area contributed by atoms with Gasteiger partial charge in [-0.15, -0.1) is 0 Å². The Hall–Kier alpha value is -2.44. The molecule has 0 unspecified atom stereocenters. The Balaban J connectivity index is 1.62. The highest BCUT2D eigenvalue weighted by Crippen LogP contribution is 2.22. The molecule has 2 aromatic heterocycles. The van der Waals surface area contributed by atoms with E-state index in [1.54, 1.807) is 22.9 Å². The van der Waals surface area contributed by atoms with Crippen molar-refractivity contribution in [2.45, 2.75) is 45.7 Å². The van der Waals surface area contributed by atoms with Gasteiger partial charge in [0.2, 0.25) is 5.91 Å². The Morgan fingerprint density at radius 3 is 2.88 bits per heavy atom. The van der Waals surface area contributed by atoms with E-state index < -0.39 is 0 Å². The standard InChI is InChI=1S/C17H23N5O2/c1-13-18-14(2)22(19-13)15-6-5-10-21(12-15)17(24)8-11-20-9-4-3-7-16(20)23/h3-4,7,9,15H,5-6,8,10-12H2,1-2H3/t15-/m1/s1. The smallest absolute Gasteiger partial charge is 0.250 e. The number of pyridine rings is 1. The van der Waals surface area contributed by atoms with Gasteiger partial charge < -0.3 is 9.47 Å². The van der Waals surface area contributed by atoms with E-state index >= 15 is 0 Å². The van der Waals surface area contributed by atoms with Gasteiger partial charge in [-0.25, -0.2) is 9.67 Å². The van der Waals surface area contributed by atoms with Gasteiger partial charge in [-0.1, -0.05) is 6.07 Å². The number of piperidine rings is 1. The van der Waals surface area contributed by atoms with Gasteiger partial charge >= 0.3 is 0 Å². The van der Waals surface area contributed by atoms with Gasteiger partial charge in [0.05, 0.1) is 6.04 Å². The van der Waals surface area contributed by atoms with Crippen molar-refractivity contribution < 1.29 is 4.79 Å². The number of aryl methyl sites for hydroxylation is 3. The Labute approximate surface area is 140 Å². The lowest BCUT2D eigenvalue weighted by Crippen LogP contribution is -2.41. The minimum Gasteiger partial charge on any atom is -0.340 e. The lowest BCUT2D eigenvalue weighted by molar-refractivity contribution is -0.133. The van der Waals surface area contributed by atoms with Crippen LogP contribution in [0.1, 0.15) is 37.0 Å². The molecule has 0 aliphatic carbocycles. The van der Waals surface area contributed by atoms with Crippen LogP contribution in [-0.4, -0.2) is 43.2 Å². The van der Waals surface area contributed by atoms with E-state index in [2.05, 4.69) is 10.1 Å². The first-order chi connectivity index (χ1) is 11.5. The third-order valence-electron chi connectivity index (χ3n) is 4.47. The fourth-order valence-corrected chi connectivity index (χ4v) is 3.28. The second kappa shape index (κ2) is 6.98. The maximum absolute atomic E-state index is 12.5. The molecule has 0 radical (unpaired) electrons. The maximum Gasteiger partial charge on any atom is 0.250 e. The van der Waals surface area contributed by atoms with Crippen molar-refractivity contribution in [1.29, 1.82) is 0 Å². The predicted octanol–water partition coefficient (Wildman–Crippen LogP) is 1.31. The van der Waals surface area contributed by atoms with Crippen LogP contribution >= 0.6 is 0 Å². The molecule has 3 rings (SSSR count). The summed E-state index contributed by atoms with van der Waals surface area (Å²) in [5.74, 6) is 1.74. The SMILES string of the molecule is Cc1nc(C)n([C@@H]2CCCN(C(=O)CCn3ccccc3=O)C2)n1. The van der Waals surface area contributed by atoms with Crippen LogP contribution in [0.2, 0.25) is 0 Å². The number of rotatable bonds is 4. The minimum atomic E-state index is -0.0736. The topological polar surface area (TPSA) is 73.0 Å². The average molecular weight is 329 g/mol. The lowest BCUT2D eigenvalue weighted by Gasteiger charge is -2.33. The quantitative estimate of drug-likeness (QED) is 0.848. The molecule has 3 heterocycles. The van der Waals surface area contributed by atoms with E-state index in [9.17, 15) is 9.59 Å². The number of nitrogens with zero attached hydrogens (tertiary/aromatic N) is 5. The zero-order chi connectivity index (χ0) is 17.1. The van der Waals surface area contributed by atoms with E-state index in [-0.39, 0.29) is 17.5 Å². The van der Waals surface area contributed by atoms with Crippen LogP contribution in [0.3, 0.4) is 0 Å². The fourth-order valence-electron chi connectivity index (χ4n) is 3.28. The highest BCUT2D eigenvalue weighted by Gasteiger charge is 2.26. The average Bonchev–Trinajstić information content (AvgIpc) is 2.92. The van der Waals surface area contributed by atoms with E-state index in [1.807, 2.05) is 23.4 Å². The van der Waals surface area contributed by atoms with Gasteiger partial charge in [0.25, 0.3) is 5.56 Å². The Morgan fingerprint density at radius 1 is 1.33 bits per heavy atom. The summed E-state index contributed by atoms with van der Waals surface area (Å²) >= 11 is 0. The molecular formula is C17H23N5O2. The number of aromatic nitrogens is 4. The van der Waals surface area contributed by atoms with Crippen molar-refractivity contribution >= 4 is 5.91 Å². The summed E-state index contributed by atoms with van der Waals surface area (Å²) in [5, 5.41) is 4.45. The zero-order valence-corrected chi connectivity index (χ0v) is 14.2. The lowest BCUT2D eigenvalue weighted by atomic mass is 10.1. The van der Waals surface area contributed by atoms with E-state index in [0.717, 1.165) is 31.0 Å². The Morgan fingerprint density at radius 2 is 2.17 bits per heavy atom. The van der Waals surface area contributed by atoms with Gasteiger partial charge in [0.15, 0.2) is 0 Å². The minimum absolute atomic E-state index is 0.0736. The summed E-state index contributed by atoms with van der Waals surface area (Å²) in [4.78, 5) is 30.5. The molecule has 7 heteroatoms. The van der Waals surface area contributed by atoms with Gasteiger partial charge in [-0.2, -0.15) is 5.10 Å². The molecule has 1 saturated heterocycles. The Bertz CT molecular complexity index is 779. The molecule has 0 bridgehead atoms. The first-order valence-corrected chi connectivity index (χ1v) is 8.37. The van der Waals surface area contributed by atoms with Crippen LogP contribution in [-0.2, 0) is 11.3 Å². The van der Waals surface area contributed by atoms with Crippen molar-refractivity contribution in [1.82, 2.24) is 24.2 Å². The van der Waals surface area contributed by atoms with Gasteiger partial charge in [-0.3, -0.25) is 9.59 Å². The number of amides is 1. The van der Waals surface area contributed by atoms with Crippen molar-refractivity contribution in [3.8, 4) is 0 Å². The largest absolute Gasteiger partial charge is 0.340 e. The highest BCUT2D eigenvalue weighted by molar-refractivity contribution is 5.76. The van der Waals surface area contributed by atoms with E-state index in [0.29, 0.717) is 19.5 Å². The zero-order valence-electron chi connectivity index (χ0n) is 14.2. The second-order valence-electron chi connectivity index (χ2n) is 6.27. The van der Waals surface area contributed by atoms with Crippen LogP contribution in [0, 0.1) is 13.8 Å². The number of hydrogen-bond donors (Lipinski definition) is 0. The van der Waals surface area contributed by atoms with Crippen molar-refractivity contribution in [2.75, 3.05) is 13.1 Å². The van der Waals surface area contributed by atoms with Crippen molar-refractivity contribution in [2.24, 2.45) is 0 Å². The first kappa shape index (κ1) is 16.4. The molecule has 1 aliphatic heterocycles. The summed E-state index contributed by atoms with van der Waals surface area (Å²) in [7, 11) is 0. The monoisotopic (exact) mass is 329 g/mol. The summed E-state index contributed by atoms with van der Waals surface area (Å²) in [5.41, 5.74) is -0.0736. The third-order valence-corrected chi connectivity index (χ3v) is 4.47. The molecular weight excluding hydrogens is 306 g/mol.